The van der Waals surface area contributed by atoms with Crippen molar-refractivity contribution < 1.29 is 27.6 Å². The first-order valence-corrected chi connectivity index (χ1v) is 6.59. The molecule has 10 heteroatoms. The standard InChI is InChI=1S/C12H19F3N4O3/c1-6(2)9(10-16-7(3)18-22-10)17-11(21)19(4)5-8(20)12(13,14)15/h6,8-9,20H,5H2,1-4H3,(H,17,21). The lowest BCUT2D eigenvalue weighted by Gasteiger charge is -2.26. The SMILES string of the molecule is Cc1noc(C(NC(=O)N(C)CC(O)C(F)(F)F)C(C)C)n1. The van der Waals surface area contributed by atoms with E-state index in [1.165, 1.54) is 0 Å². The maximum Gasteiger partial charge on any atom is 0.416 e. The summed E-state index contributed by atoms with van der Waals surface area (Å²) in [6.07, 6.45) is -7.39. The van der Waals surface area contributed by atoms with Crippen LogP contribution in [-0.2, 0) is 0 Å². The fourth-order valence-corrected chi connectivity index (χ4v) is 1.64. The molecule has 0 aliphatic carbocycles. The monoisotopic (exact) mass is 324 g/mol. The second-order valence-corrected chi connectivity index (χ2v) is 5.29. The van der Waals surface area contributed by atoms with Crippen molar-refractivity contribution in [3.8, 4) is 0 Å². The third-order valence-electron chi connectivity index (χ3n) is 2.93. The Hall–Kier alpha value is -1.84. The molecule has 2 atom stereocenters. The van der Waals surface area contributed by atoms with Crippen molar-refractivity contribution in [2.24, 2.45) is 5.92 Å². The van der Waals surface area contributed by atoms with Crippen molar-refractivity contribution in [3.05, 3.63) is 11.7 Å². The summed E-state index contributed by atoms with van der Waals surface area (Å²) in [5.41, 5.74) is 0. The Labute approximate surface area is 125 Å². The lowest BCUT2D eigenvalue weighted by Crippen LogP contribution is -2.47. The normalized spacial score (nSPS) is 14.8. The van der Waals surface area contributed by atoms with Crippen molar-refractivity contribution in [1.82, 2.24) is 20.4 Å². The highest BCUT2D eigenvalue weighted by Gasteiger charge is 2.39. The van der Waals surface area contributed by atoms with Gasteiger partial charge in [-0.2, -0.15) is 18.2 Å². The molecule has 1 aromatic rings. The number of carbonyl (C=O) groups excluding carboxylic acids is 1. The number of hydrogen-bond acceptors (Lipinski definition) is 5. The zero-order valence-electron chi connectivity index (χ0n) is 12.7. The summed E-state index contributed by atoms with van der Waals surface area (Å²) in [5.74, 6) is 0.436. The van der Waals surface area contributed by atoms with E-state index in [2.05, 4.69) is 15.5 Å². The number of halogens is 3. The Kier molecular flexibility index (Phi) is 5.75. The minimum atomic E-state index is -4.78. The summed E-state index contributed by atoms with van der Waals surface area (Å²) < 4.78 is 41.8. The first-order valence-electron chi connectivity index (χ1n) is 6.59. The predicted molar refractivity (Wildman–Crippen MR) is 69.8 cm³/mol. The molecule has 7 nitrogen and oxygen atoms in total. The Bertz CT molecular complexity index is 504. The molecule has 0 fully saturated rings. The predicted octanol–water partition coefficient (Wildman–Crippen LogP) is 1.64. The molecule has 1 heterocycles. The van der Waals surface area contributed by atoms with Gasteiger partial charge in [0.2, 0.25) is 5.89 Å². The number of aromatic nitrogens is 2. The molecule has 2 amide bonds. The quantitative estimate of drug-likeness (QED) is 0.859. The maximum atomic E-state index is 12.3. The van der Waals surface area contributed by atoms with Crippen LogP contribution in [0.4, 0.5) is 18.0 Å². The third-order valence-corrected chi connectivity index (χ3v) is 2.93. The van der Waals surface area contributed by atoms with Gasteiger partial charge in [0.15, 0.2) is 11.9 Å². The van der Waals surface area contributed by atoms with Crippen LogP contribution in [-0.4, -0.2) is 52.1 Å². The zero-order valence-corrected chi connectivity index (χ0v) is 12.7. The number of nitrogens with zero attached hydrogens (tertiary/aromatic N) is 3. The molecule has 0 aliphatic rings. The second-order valence-electron chi connectivity index (χ2n) is 5.29. The van der Waals surface area contributed by atoms with Crippen molar-refractivity contribution in [1.29, 1.82) is 0 Å². The molecule has 0 aromatic carbocycles. The average molecular weight is 324 g/mol. The average Bonchev–Trinajstić information content (AvgIpc) is 2.80. The molecule has 126 valence electrons. The van der Waals surface area contributed by atoms with Gasteiger partial charge in [-0.25, -0.2) is 4.79 Å². The van der Waals surface area contributed by atoms with E-state index in [0.717, 1.165) is 11.9 Å². The van der Waals surface area contributed by atoms with E-state index in [9.17, 15) is 18.0 Å². The van der Waals surface area contributed by atoms with Crippen molar-refractivity contribution in [2.45, 2.75) is 39.1 Å². The lowest BCUT2D eigenvalue weighted by molar-refractivity contribution is -0.205. The number of hydrogen-bond donors (Lipinski definition) is 2. The fraction of sp³-hybridized carbons (Fsp3) is 0.750. The lowest BCUT2D eigenvalue weighted by atomic mass is 10.0. The largest absolute Gasteiger partial charge is 0.416 e. The molecule has 1 rings (SSSR count). The number of alkyl halides is 3. The van der Waals surface area contributed by atoms with E-state index in [-0.39, 0.29) is 11.8 Å². The highest BCUT2D eigenvalue weighted by Crippen LogP contribution is 2.22. The smallest absolute Gasteiger partial charge is 0.382 e. The van der Waals surface area contributed by atoms with Gasteiger partial charge in [0.05, 0.1) is 6.54 Å². The Morgan fingerprint density at radius 1 is 1.45 bits per heavy atom. The molecule has 0 radical (unpaired) electrons. The van der Waals surface area contributed by atoms with Gasteiger partial charge in [0.1, 0.15) is 6.04 Å². The molecule has 0 saturated heterocycles. The van der Waals surface area contributed by atoms with E-state index in [1.807, 2.05) is 0 Å². The topological polar surface area (TPSA) is 91.5 Å². The van der Waals surface area contributed by atoms with Crippen LogP contribution in [0.5, 0.6) is 0 Å². The number of aryl methyl sites for hydroxylation is 1. The zero-order chi connectivity index (χ0) is 17.1. The summed E-state index contributed by atoms with van der Waals surface area (Å²) in [6, 6.07) is -1.42. The van der Waals surface area contributed by atoms with Crippen LogP contribution in [0.1, 0.15) is 31.6 Å². The number of aliphatic hydroxyl groups excluding tert-OH is 1. The van der Waals surface area contributed by atoms with E-state index in [0.29, 0.717) is 5.82 Å². The Morgan fingerprint density at radius 2 is 2.05 bits per heavy atom. The molecule has 1 aromatic heterocycles. The maximum absolute atomic E-state index is 12.3. The van der Waals surface area contributed by atoms with Crippen LogP contribution in [0, 0.1) is 12.8 Å². The van der Waals surface area contributed by atoms with Gasteiger partial charge in [0.25, 0.3) is 0 Å². The van der Waals surface area contributed by atoms with Gasteiger partial charge in [-0.3, -0.25) is 0 Å². The van der Waals surface area contributed by atoms with Gasteiger partial charge >= 0.3 is 12.2 Å². The summed E-state index contributed by atoms with van der Waals surface area (Å²) in [6.45, 7) is 4.31. The van der Waals surface area contributed by atoms with Crippen LogP contribution in [0.25, 0.3) is 0 Å². The molecular formula is C12H19F3N4O3. The molecule has 0 saturated carbocycles. The molecule has 2 unspecified atom stereocenters. The van der Waals surface area contributed by atoms with Gasteiger partial charge in [-0.05, 0) is 12.8 Å². The van der Waals surface area contributed by atoms with Crippen LogP contribution < -0.4 is 5.32 Å². The molecule has 0 spiro atoms. The van der Waals surface area contributed by atoms with E-state index < -0.39 is 30.9 Å². The molecule has 22 heavy (non-hydrogen) atoms. The summed E-state index contributed by atoms with van der Waals surface area (Å²) in [4.78, 5) is 16.7. The minimum Gasteiger partial charge on any atom is -0.382 e. The summed E-state index contributed by atoms with van der Waals surface area (Å²) in [7, 11) is 1.15. The second kappa shape index (κ2) is 6.95. The van der Waals surface area contributed by atoms with Gasteiger partial charge in [-0.15, -0.1) is 0 Å². The van der Waals surface area contributed by atoms with Crippen molar-refractivity contribution >= 4 is 6.03 Å². The number of likely N-dealkylation sites (N-methyl/N-ethyl adjacent to an activating group) is 1. The van der Waals surface area contributed by atoms with Crippen LogP contribution in [0.3, 0.4) is 0 Å². The molecular weight excluding hydrogens is 305 g/mol. The van der Waals surface area contributed by atoms with Crippen LogP contribution >= 0.6 is 0 Å². The fourth-order valence-electron chi connectivity index (χ4n) is 1.64. The van der Waals surface area contributed by atoms with Crippen LogP contribution in [0.15, 0.2) is 4.52 Å². The number of aliphatic hydroxyl groups is 1. The number of amides is 2. The van der Waals surface area contributed by atoms with Crippen molar-refractivity contribution in [2.75, 3.05) is 13.6 Å². The highest BCUT2D eigenvalue weighted by atomic mass is 19.4. The molecule has 0 bridgehead atoms. The van der Waals surface area contributed by atoms with Crippen LogP contribution in [0.2, 0.25) is 0 Å². The summed E-state index contributed by atoms with van der Waals surface area (Å²) in [5, 5.41) is 15.1. The Balaban J connectivity index is 2.71. The van der Waals surface area contributed by atoms with Gasteiger partial charge in [0, 0.05) is 7.05 Å². The first-order chi connectivity index (χ1) is 10.0. The minimum absolute atomic E-state index is 0.121. The first kappa shape index (κ1) is 18.2. The molecule has 0 aliphatic heterocycles. The van der Waals surface area contributed by atoms with Crippen molar-refractivity contribution in [3.63, 3.8) is 0 Å². The Morgan fingerprint density at radius 3 is 2.45 bits per heavy atom. The third kappa shape index (κ3) is 4.86. The number of urea groups is 1. The number of carbonyl (C=O) groups is 1. The van der Waals surface area contributed by atoms with Gasteiger partial charge < -0.3 is 19.8 Å². The number of rotatable bonds is 5. The number of nitrogens with one attached hydrogen (secondary N) is 1. The van der Waals surface area contributed by atoms with E-state index in [4.69, 9.17) is 9.63 Å². The molecule has 2 N–H and O–H groups in total. The van der Waals surface area contributed by atoms with E-state index >= 15 is 0 Å². The van der Waals surface area contributed by atoms with E-state index in [1.54, 1.807) is 20.8 Å². The van der Waals surface area contributed by atoms with Gasteiger partial charge in [-0.1, -0.05) is 19.0 Å². The summed E-state index contributed by atoms with van der Waals surface area (Å²) >= 11 is 0. The highest BCUT2D eigenvalue weighted by molar-refractivity contribution is 5.74.